The number of rotatable bonds is 4. The van der Waals surface area contributed by atoms with Crippen molar-refractivity contribution in [2.45, 2.75) is 6.92 Å². The van der Waals surface area contributed by atoms with E-state index in [2.05, 4.69) is 20.9 Å². The Kier molecular flexibility index (Phi) is 4.72. The average molecular weight is 318 g/mol. The molecule has 5 nitrogen and oxygen atoms in total. The van der Waals surface area contributed by atoms with Crippen molar-refractivity contribution >= 4 is 28.9 Å². The summed E-state index contributed by atoms with van der Waals surface area (Å²) >= 11 is 0. The lowest BCUT2D eigenvalue weighted by atomic mass is 10.2. The van der Waals surface area contributed by atoms with E-state index in [4.69, 9.17) is 0 Å². The first-order valence-electron chi connectivity index (χ1n) is 7.62. The van der Waals surface area contributed by atoms with E-state index in [9.17, 15) is 4.79 Å². The number of carbonyl (C=O) groups excluding carboxylic acids is 1. The molecule has 0 radical (unpaired) electrons. The summed E-state index contributed by atoms with van der Waals surface area (Å²) in [5.74, 6) is 0.484. The molecule has 0 aliphatic rings. The number of amides is 2. The van der Waals surface area contributed by atoms with Gasteiger partial charge in [-0.25, -0.2) is 9.78 Å². The Morgan fingerprint density at radius 3 is 2.17 bits per heavy atom. The number of para-hydroxylation sites is 1. The molecular weight excluding hydrogens is 300 g/mol. The highest BCUT2D eigenvalue weighted by Crippen LogP contribution is 2.17. The monoisotopic (exact) mass is 318 g/mol. The summed E-state index contributed by atoms with van der Waals surface area (Å²) in [5, 5.41) is 8.71. The zero-order chi connectivity index (χ0) is 16.8. The molecule has 0 atom stereocenters. The summed E-state index contributed by atoms with van der Waals surface area (Å²) in [7, 11) is 0. The van der Waals surface area contributed by atoms with Crippen molar-refractivity contribution in [1.29, 1.82) is 0 Å². The van der Waals surface area contributed by atoms with Crippen molar-refractivity contribution in [3.63, 3.8) is 0 Å². The highest BCUT2D eigenvalue weighted by Gasteiger charge is 2.03. The van der Waals surface area contributed by atoms with Crippen LogP contribution in [0.1, 0.15) is 5.56 Å². The summed E-state index contributed by atoms with van der Waals surface area (Å²) in [6.07, 6.45) is 1.68. The van der Waals surface area contributed by atoms with E-state index < -0.39 is 0 Å². The number of nitrogens with one attached hydrogen (secondary N) is 3. The molecule has 0 unspecified atom stereocenters. The van der Waals surface area contributed by atoms with Crippen LogP contribution in [-0.4, -0.2) is 11.0 Å². The van der Waals surface area contributed by atoms with Crippen LogP contribution in [0, 0.1) is 6.92 Å². The first-order chi connectivity index (χ1) is 11.7. The van der Waals surface area contributed by atoms with Gasteiger partial charge in [0.15, 0.2) is 0 Å². The van der Waals surface area contributed by atoms with Crippen molar-refractivity contribution < 1.29 is 4.79 Å². The molecular formula is C19H18N4O. The third-order valence-corrected chi connectivity index (χ3v) is 3.38. The maximum atomic E-state index is 11.9. The number of carbonyl (C=O) groups is 1. The lowest BCUT2D eigenvalue weighted by molar-refractivity contribution is 0.262. The van der Waals surface area contributed by atoms with Crippen LogP contribution in [0.25, 0.3) is 0 Å². The molecule has 0 spiro atoms. The highest BCUT2D eigenvalue weighted by molar-refractivity contribution is 5.99. The quantitative estimate of drug-likeness (QED) is 0.648. The van der Waals surface area contributed by atoms with E-state index >= 15 is 0 Å². The largest absolute Gasteiger partial charge is 0.354 e. The van der Waals surface area contributed by atoms with E-state index in [1.165, 1.54) is 5.56 Å². The minimum atomic E-state index is -0.326. The number of aromatic nitrogens is 1. The lowest BCUT2D eigenvalue weighted by Crippen LogP contribution is -2.19. The van der Waals surface area contributed by atoms with Gasteiger partial charge in [-0.2, -0.15) is 0 Å². The van der Waals surface area contributed by atoms with Gasteiger partial charge in [0.2, 0.25) is 0 Å². The van der Waals surface area contributed by atoms with Crippen LogP contribution in [0.2, 0.25) is 0 Å². The lowest BCUT2D eigenvalue weighted by Gasteiger charge is -2.09. The molecule has 3 aromatic rings. The van der Waals surface area contributed by atoms with Crippen LogP contribution >= 0.6 is 0 Å². The Hall–Kier alpha value is -3.34. The van der Waals surface area contributed by atoms with Crippen LogP contribution < -0.4 is 16.0 Å². The second-order valence-corrected chi connectivity index (χ2v) is 5.37. The molecule has 24 heavy (non-hydrogen) atoms. The second kappa shape index (κ2) is 7.28. The fourth-order valence-electron chi connectivity index (χ4n) is 2.15. The maximum Gasteiger partial charge on any atom is 0.324 e. The number of pyridine rings is 1. The van der Waals surface area contributed by atoms with Gasteiger partial charge in [-0.15, -0.1) is 0 Å². The van der Waals surface area contributed by atoms with Crippen LogP contribution in [0.3, 0.4) is 0 Å². The van der Waals surface area contributed by atoms with Gasteiger partial charge in [0.05, 0.1) is 11.9 Å². The van der Waals surface area contributed by atoms with Gasteiger partial charge in [-0.1, -0.05) is 35.9 Å². The minimum absolute atomic E-state index is 0.326. The number of anilines is 4. The van der Waals surface area contributed by atoms with Gasteiger partial charge in [0.1, 0.15) is 5.82 Å². The van der Waals surface area contributed by atoms with E-state index in [0.717, 1.165) is 17.1 Å². The van der Waals surface area contributed by atoms with Gasteiger partial charge in [0, 0.05) is 11.4 Å². The fourth-order valence-corrected chi connectivity index (χ4v) is 2.15. The fraction of sp³-hybridized carbons (Fsp3) is 0.0526. The van der Waals surface area contributed by atoms with Crippen molar-refractivity contribution in [3.05, 3.63) is 78.5 Å². The average Bonchev–Trinajstić information content (AvgIpc) is 2.59. The first kappa shape index (κ1) is 15.6. The molecule has 120 valence electrons. The predicted octanol–water partition coefficient (Wildman–Crippen LogP) is 4.78. The van der Waals surface area contributed by atoms with Crippen LogP contribution in [0.15, 0.2) is 72.9 Å². The summed E-state index contributed by atoms with van der Waals surface area (Å²) in [6, 6.07) is 20.6. The molecule has 0 aliphatic carbocycles. The van der Waals surface area contributed by atoms with Crippen LogP contribution in [-0.2, 0) is 0 Å². The number of hydrogen-bond acceptors (Lipinski definition) is 3. The molecule has 1 aromatic heterocycles. The number of benzene rings is 2. The molecule has 2 aromatic carbocycles. The third-order valence-electron chi connectivity index (χ3n) is 3.38. The summed E-state index contributed by atoms with van der Waals surface area (Å²) in [4.78, 5) is 16.2. The molecule has 3 N–H and O–H groups in total. The molecule has 5 heteroatoms. The Labute approximate surface area is 140 Å². The zero-order valence-electron chi connectivity index (χ0n) is 13.3. The third kappa shape index (κ3) is 4.33. The smallest absolute Gasteiger partial charge is 0.324 e. The van der Waals surface area contributed by atoms with Gasteiger partial charge >= 0.3 is 6.03 Å². The Morgan fingerprint density at radius 2 is 1.50 bits per heavy atom. The van der Waals surface area contributed by atoms with E-state index in [1.54, 1.807) is 12.3 Å². The topological polar surface area (TPSA) is 66.0 Å². The van der Waals surface area contributed by atoms with Crippen molar-refractivity contribution in [2.24, 2.45) is 0 Å². The SMILES string of the molecule is Cc1ccc(Nc2ccc(NC(=O)Nc3ccccc3)nc2)cc1. The van der Waals surface area contributed by atoms with E-state index in [0.29, 0.717) is 5.82 Å². The van der Waals surface area contributed by atoms with Gasteiger partial charge in [0.25, 0.3) is 0 Å². The van der Waals surface area contributed by atoms with Gasteiger partial charge in [-0.05, 0) is 43.3 Å². The molecule has 0 bridgehead atoms. The van der Waals surface area contributed by atoms with Gasteiger partial charge < -0.3 is 10.6 Å². The molecule has 3 rings (SSSR count). The Balaban J connectivity index is 1.58. The summed E-state index contributed by atoms with van der Waals surface area (Å²) < 4.78 is 0. The highest BCUT2D eigenvalue weighted by atomic mass is 16.2. The maximum absolute atomic E-state index is 11.9. The molecule has 0 saturated carbocycles. The number of aryl methyl sites for hydroxylation is 1. The van der Waals surface area contributed by atoms with Crippen LogP contribution in [0.5, 0.6) is 0 Å². The van der Waals surface area contributed by atoms with E-state index in [1.807, 2.05) is 67.6 Å². The standard InChI is InChI=1S/C19H18N4O/c1-14-7-9-16(10-8-14)21-17-11-12-18(20-13-17)23-19(24)22-15-5-3-2-4-6-15/h2-13,21H,1H3,(H2,20,22,23,24). The van der Waals surface area contributed by atoms with Gasteiger partial charge in [-0.3, -0.25) is 5.32 Å². The summed E-state index contributed by atoms with van der Waals surface area (Å²) in [5.41, 5.74) is 3.79. The minimum Gasteiger partial charge on any atom is -0.354 e. The number of urea groups is 1. The number of nitrogens with zero attached hydrogens (tertiary/aromatic N) is 1. The van der Waals surface area contributed by atoms with Crippen molar-refractivity contribution in [1.82, 2.24) is 4.98 Å². The molecule has 0 aliphatic heterocycles. The van der Waals surface area contributed by atoms with Crippen LogP contribution in [0.4, 0.5) is 27.7 Å². The Bertz CT molecular complexity index is 799. The molecule has 0 fully saturated rings. The molecule has 2 amide bonds. The predicted molar refractivity (Wildman–Crippen MR) is 97.8 cm³/mol. The zero-order valence-corrected chi connectivity index (χ0v) is 13.3. The molecule has 0 saturated heterocycles. The summed E-state index contributed by atoms with van der Waals surface area (Å²) in [6.45, 7) is 2.05. The normalized spacial score (nSPS) is 10.0. The molecule has 1 heterocycles. The first-order valence-corrected chi connectivity index (χ1v) is 7.62. The van der Waals surface area contributed by atoms with Crippen molar-refractivity contribution in [3.8, 4) is 0 Å². The Morgan fingerprint density at radius 1 is 0.792 bits per heavy atom. The van der Waals surface area contributed by atoms with E-state index in [-0.39, 0.29) is 6.03 Å². The number of hydrogen-bond donors (Lipinski definition) is 3. The van der Waals surface area contributed by atoms with Crippen molar-refractivity contribution in [2.75, 3.05) is 16.0 Å². The second-order valence-electron chi connectivity index (χ2n) is 5.37.